The number of carbonyl (C=O) groups is 6. The molecule has 0 amide bonds. The number of aliphatic hydroxyl groups excluding tert-OH is 1. The van der Waals surface area contributed by atoms with E-state index in [2.05, 4.69) is 13.2 Å². The van der Waals surface area contributed by atoms with Crippen molar-refractivity contribution in [3.05, 3.63) is 145 Å². The number of ether oxygens (including phenoxy) is 8. The molecular formula is C63H71NO16. The average Bonchev–Trinajstić information content (AvgIpc) is 3.94. The van der Waals surface area contributed by atoms with Crippen molar-refractivity contribution in [1.82, 2.24) is 5.06 Å². The second-order valence-electron chi connectivity index (χ2n) is 20.0. The van der Waals surface area contributed by atoms with E-state index in [1.165, 1.54) is 18.2 Å². The summed E-state index contributed by atoms with van der Waals surface area (Å²) in [5, 5.41) is 23.5. The molecule has 0 aromatic heterocycles. The fourth-order valence-electron chi connectivity index (χ4n) is 9.63. The summed E-state index contributed by atoms with van der Waals surface area (Å²) in [6.07, 6.45) is 15.5. The van der Waals surface area contributed by atoms with Crippen LogP contribution in [0.25, 0.3) is 11.8 Å². The highest BCUT2D eigenvalue weighted by Gasteiger charge is 2.34. The van der Waals surface area contributed by atoms with Gasteiger partial charge in [0, 0.05) is 18.6 Å². The molecule has 17 heteroatoms. The van der Waals surface area contributed by atoms with E-state index in [-0.39, 0.29) is 23.0 Å². The third-order valence-corrected chi connectivity index (χ3v) is 14.3. The van der Waals surface area contributed by atoms with Crippen LogP contribution in [0.3, 0.4) is 0 Å². The van der Waals surface area contributed by atoms with Crippen molar-refractivity contribution >= 4 is 47.7 Å². The normalized spacial score (nSPS) is 17.6. The number of hydrogen-bond acceptors (Lipinski definition) is 17. The first-order valence-corrected chi connectivity index (χ1v) is 27.6. The Morgan fingerprint density at radius 2 is 0.900 bits per heavy atom. The molecule has 0 saturated heterocycles. The number of benzene rings is 4. The summed E-state index contributed by atoms with van der Waals surface area (Å²) in [6.45, 7) is 8.51. The molecule has 7 rings (SSSR count). The van der Waals surface area contributed by atoms with Gasteiger partial charge >= 0.3 is 35.8 Å². The number of hydrogen-bond donors (Lipinski definition) is 2. The lowest BCUT2D eigenvalue weighted by molar-refractivity contribution is -0.145. The zero-order valence-electron chi connectivity index (χ0n) is 45.1. The number of aliphatic hydroxyl groups is 1. The molecule has 2 saturated carbocycles. The van der Waals surface area contributed by atoms with Gasteiger partial charge in [-0.3, -0.25) is 24.4 Å². The van der Waals surface area contributed by atoms with Gasteiger partial charge in [0.15, 0.2) is 0 Å². The number of rotatable bonds is 29. The van der Waals surface area contributed by atoms with Gasteiger partial charge in [0.05, 0.1) is 67.6 Å². The van der Waals surface area contributed by atoms with Crippen LogP contribution in [0, 0.1) is 23.7 Å². The lowest BCUT2D eigenvalue weighted by atomic mass is 9.82. The SMILES string of the molecule is C=CC(=O)OCCCCCCOc1ccc(OC(=O)C2CCC(C(=O)Oc3ccc(OC(=O)C4CCC(C(=O)Oc5ccc(OCCCCCCOC(=O)C=C)cc5)CC4)c(/C(O)=C/N(O)C4=Cc5ccccc5C4)c3)CC2)cc1. The third-order valence-electron chi connectivity index (χ3n) is 14.3. The summed E-state index contributed by atoms with van der Waals surface area (Å²) in [5.74, 6) is -3.06. The topological polar surface area (TPSA) is 220 Å². The van der Waals surface area contributed by atoms with E-state index >= 15 is 0 Å². The third kappa shape index (κ3) is 18.5. The zero-order valence-corrected chi connectivity index (χ0v) is 45.1. The first-order valence-electron chi connectivity index (χ1n) is 27.6. The van der Waals surface area contributed by atoms with Crippen LogP contribution < -0.4 is 28.4 Å². The molecule has 0 spiro atoms. The van der Waals surface area contributed by atoms with Gasteiger partial charge in [-0.15, -0.1) is 0 Å². The summed E-state index contributed by atoms with van der Waals surface area (Å²) in [6, 6.07) is 25.5. The Morgan fingerprint density at radius 1 is 0.500 bits per heavy atom. The summed E-state index contributed by atoms with van der Waals surface area (Å²) in [5.41, 5.74) is 2.39. The number of allylic oxidation sites excluding steroid dienone is 1. The van der Waals surface area contributed by atoms with Crippen LogP contribution in [0.5, 0.6) is 34.5 Å². The Labute approximate surface area is 466 Å². The second kappa shape index (κ2) is 30.8. The van der Waals surface area contributed by atoms with Gasteiger partial charge in [0.2, 0.25) is 0 Å². The maximum absolute atomic E-state index is 13.8. The molecule has 0 radical (unpaired) electrons. The molecule has 3 aliphatic rings. The number of unbranched alkanes of at least 4 members (excludes halogenated alkanes) is 6. The average molecular weight is 1100 g/mol. The fraction of sp³-hybridized carbons (Fsp3) is 0.397. The van der Waals surface area contributed by atoms with E-state index in [1.807, 2.05) is 24.3 Å². The van der Waals surface area contributed by atoms with Crippen LogP contribution in [-0.2, 0) is 44.7 Å². The maximum atomic E-state index is 13.8. The highest BCUT2D eigenvalue weighted by atomic mass is 16.6. The predicted octanol–water partition coefficient (Wildman–Crippen LogP) is 11.8. The molecule has 3 aliphatic carbocycles. The van der Waals surface area contributed by atoms with Gasteiger partial charge in [-0.2, -0.15) is 0 Å². The van der Waals surface area contributed by atoms with Crippen LogP contribution in [0.15, 0.2) is 128 Å². The zero-order chi connectivity index (χ0) is 56.6. The number of fused-ring (bicyclic) bond motifs is 1. The highest BCUT2D eigenvalue weighted by molar-refractivity contribution is 5.82. The fourth-order valence-corrected chi connectivity index (χ4v) is 9.63. The largest absolute Gasteiger partial charge is 0.506 e. The van der Waals surface area contributed by atoms with Crippen molar-refractivity contribution in [3.8, 4) is 34.5 Å². The van der Waals surface area contributed by atoms with Gasteiger partial charge in [0.25, 0.3) is 0 Å². The lowest BCUT2D eigenvalue weighted by Crippen LogP contribution is -2.30. The van der Waals surface area contributed by atoms with Crippen molar-refractivity contribution in [2.75, 3.05) is 26.4 Å². The minimum atomic E-state index is -0.571. The minimum absolute atomic E-state index is 0.0170. The molecule has 0 bridgehead atoms. The quantitative estimate of drug-likeness (QED) is 0.0129. The Hall–Kier alpha value is -8.18. The van der Waals surface area contributed by atoms with Crippen molar-refractivity contribution in [2.24, 2.45) is 23.7 Å². The molecule has 0 unspecified atom stereocenters. The molecular weight excluding hydrogens is 1030 g/mol. The smallest absolute Gasteiger partial charge is 0.330 e. The molecule has 17 nitrogen and oxygen atoms in total. The number of hydroxylamine groups is 2. The molecule has 2 fully saturated rings. The molecule has 80 heavy (non-hydrogen) atoms. The summed E-state index contributed by atoms with van der Waals surface area (Å²) >= 11 is 0. The van der Waals surface area contributed by atoms with Gasteiger partial charge in [-0.25, -0.2) is 14.7 Å². The standard InChI is InChI=1S/C63H71NO16/c1-3-58(66)75-37-13-7-5-11-35-73-50-25-29-52(30-26-50)77-60(68)43-17-19-45(20-18-43)62(70)79-54-33-34-57(55(41-54)56(65)42-64(72)49-39-47-15-9-10-16-48(47)40-49)80-63(71)46-23-21-44(22-24-46)61(69)78-53-31-27-51(28-32-53)74-36-12-6-8-14-38-76-59(67)4-2/h3-4,9-10,15-16,25-34,39,41-46,65,72H,1-2,5-8,11-14,17-24,35-38,40H2/b56-42-. The molecule has 2 N–H and O–H groups in total. The molecule has 424 valence electrons. The van der Waals surface area contributed by atoms with E-state index in [1.54, 1.807) is 54.6 Å². The Kier molecular flexibility index (Phi) is 22.9. The van der Waals surface area contributed by atoms with Crippen molar-refractivity contribution in [2.45, 2.75) is 109 Å². The van der Waals surface area contributed by atoms with Gasteiger partial charge in [-0.1, -0.05) is 37.4 Å². The molecule has 4 aromatic carbocycles. The van der Waals surface area contributed by atoms with E-state index in [0.29, 0.717) is 113 Å². The highest BCUT2D eigenvalue weighted by Crippen LogP contribution is 2.37. The predicted molar refractivity (Wildman–Crippen MR) is 295 cm³/mol. The van der Waals surface area contributed by atoms with Gasteiger partial charge in [0.1, 0.15) is 40.3 Å². The van der Waals surface area contributed by atoms with E-state index in [0.717, 1.165) is 85.9 Å². The second-order valence-corrected chi connectivity index (χ2v) is 20.0. The molecule has 4 aromatic rings. The summed E-state index contributed by atoms with van der Waals surface area (Å²) < 4.78 is 44.8. The number of esters is 6. The number of nitrogens with zero attached hydrogens (tertiary/aromatic N) is 1. The van der Waals surface area contributed by atoms with Crippen LogP contribution in [0.2, 0.25) is 0 Å². The lowest BCUT2D eigenvalue weighted by Gasteiger charge is -2.26. The van der Waals surface area contributed by atoms with Crippen molar-refractivity contribution in [1.29, 1.82) is 0 Å². The van der Waals surface area contributed by atoms with Crippen molar-refractivity contribution < 1.29 is 77.0 Å². The Balaban J connectivity index is 0.877. The van der Waals surface area contributed by atoms with E-state index < -0.39 is 59.3 Å². The summed E-state index contributed by atoms with van der Waals surface area (Å²) in [7, 11) is 0. The van der Waals surface area contributed by atoms with E-state index in [9.17, 15) is 39.1 Å². The van der Waals surface area contributed by atoms with Crippen LogP contribution >= 0.6 is 0 Å². The molecule has 0 atom stereocenters. The number of carbonyl (C=O) groups excluding carboxylic acids is 6. The van der Waals surface area contributed by atoms with Crippen LogP contribution in [-0.4, -0.2) is 77.6 Å². The minimum Gasteiger partial charge on any atom is -0.506 e. The molecule has 0 aliphatic heterocycles. The Bertz CT molecular complexity index is 2820. The summed E-state index contributed by atoms with van der Waals surface area (Å²) in [4.78, 5) is 76.0. The molecule has 0 heterocycles. The van der Waals surface area contributed by atoms with Crippen LogP contribution in [0.4, 0.5) is 0 Å². The van der Waals surface area contributed by atoms with Crippen molar-refractivity contribution in [3.63, 3.8) is 0 Å². The first-order chi connectivity index (χ1) is 38.8. The monoisotopic (exact) mass is 1100 g/mol. The van der Waals surface area contributed by atoms with Crippen LogP contribution in [0.1, 0.15) is 119 Å². The van der Waals surface area contributed by atoms with Gasteiger partial charge < -0.3 is 43.0 Å². The van der Waals surface area contributed by atoms with Gasteiger partial charge in [-0.05, 0) is 187 Å². The Morgan fingerprint density at radius 3 is 1.35 bits per heavy atom. The first kappa shape index (κ1) is 59.5. The van der Waals surface area contributed by atoms with E-state index in [4.69, 9.17) is 37.9 Å². The maximum Gasteiger partial charge on any atom is 0.330 e.